The van der Waals surface area contributed by atoms with Crippen LogP contribution in [-0.4, -0.2) is 5.71 Å². The molecule has 3 heterocycles. The van der Waals surface area contributed by atoms with Gasteiger partial charge in [-0.15, -0.1) is 0 Å². The Bertz CT molecular complexity index is 3040. The van der Waals surface area contributed by atoms with Gasteiger partial charge >= 0.3 is 0 Å². The Hall–Kier alpha value is -7.17. The van der Waals surface area contributed by atoms with E-state index in [0.29, 0.717) is 0 Å². The Morgan fingerprint density at radius 3 is 2.09 bits per heavy atom. The molecule has 4 aliphatic rings. The standard InChI is InChI=1S/C53H36N2O2/c1-2-15-33(16-3-1)46-32-47(34-29-30-39-38-20-8-12-27-48(38)56-50(39)31-34)55-52(54-46)41-21-5-4-17-35(41)40-22-14-26-45-51(40)57-49-28-13-11-25-44(49)53(45)42-23-9-6-18-36(42)37-19-7-10-24-43(37)53/h1-15,17-33,52,54H,16H2. The number of rotatable bonds is 4. The van der Waals surface area contributed by atoms with E-state index in [1.807, 2.05) is 12.1 Å². The molecule has 7 aromatic carbocycles. The van der Waals surface area contributed by atoms with Crippen molar-refractivity contribution < 1.29 is 9.15 Å². The van der Waals surface area contributed by atoms with Crippen LogP contribution in [0.5, 0.6) is 11.5 Å². The molecular formula is C53H36N2O2. The van der Waals surface area contributed by atoms with Gasteiger partial charge in [-0.3, -0.25) is 4.99 Å². The van der Waals surface area contributed by atoms with Gasteiger partial charge in [-0.2, -0.15) is 0 Å². The average Bonchev–Trinajstić information content (AvgIpc) is 3.80. The molecule has 0 fully saturated rings. The van der Waals surface area contributed by atoms with Gasteiger partial charge in [0.15, 0.2) is 0 Å². The molecule has 0 radical (unpaired) electrons. The third-order valence-electron chi connectivity index (χ3n) is 12.3. The van der Waals surface area contributed by atoms with Crippen molar-refractivity contribution in [1.82, 2.24) is 5.32 Å². The molecule has 0 bridgehead atoms. The third kappa shape index (κ3) is 4.71. The average molecular weight is 733 g/mol. The van der Waals surface area contributed by atoms with Gasteiger partial charge in [0.1, 0.15) is 28.8 Å². The van der Waals surface area contributed by atoms with Crippen LogP contribution in [0.1, 0.15) is 46.0 Å². The van der Waals surface area contributed by atoms with E-state index in [0.717, 1.165) is 84.6 Å². The van der Waals surface area contributed by atoms with Crippen molar-refractivity contribution in [3.8, 4) is 33.8 Å². The molecule has 2 atom stereocenters. The molecular weight excluding hydrogens is 697 g/mol. The van der Waals surface area contributed by atoms with Crippen molar-refractivity contribution in [2.75, 3.05) is 0 Å². The molecule has 0 amide bonds. The summed E-state index contributed by atoms with van der Waals surface area (Å²) in [5, 5.41) is 6.13. The quantitative estimate of drug-likeness (QED) is 0.196. The van der Waals surface area contributed by atoms with Crippen molar-refractivity contribution in [3.05, 3.63) is 227 Å². The first-order valence-electron chi connectivity index (χ1n) is 19.8. The molecule has 1 aromatic heterocycles. The summed E-state index contributed by atoms with van der Waals surface area (Å²) in [6.45, 7) is 0. The topological polar surface area (TPSA) is 46.8 Å². The van der Waals surface area contributed by atoms with Crippen LogP contribution in [0.2, 0.25) is 0 Å². The highest BCUT2D eigenvalue weighted by atomic mass is 16.5. The highest BCUT2D eigenvalue weighted by Crippen LogP contribution is 2.63. The molecule has 1 N–H and O–H groups in total. The number of aliphatic imine (C=N–C) groups is 1. The molecule has 8 aromatic rings. The minimum absolute atomic E-state index is 0.205. The summed E-state index contributed by atoms with van der Waals surface area (Å²) in [4.78, 5) is 5.50. The molecule has 4 heteroatoms. The second-order valence-corrected chi connectivity index (χ2v) is 15.3. The number of benzene rings is 7. The molecule has 2 aliphatic carbocycles. The molecule has 12 rings (SSSR count). The number of fused-ring (bicyclic) bond motifs is 12. The molecule has 270 valence electrons. The summed E-state index contributed by atoms with van der Waals surface area (Å²) in [5.41, 5.74) is 14.9. The van der Waals surface area contributed by atoms with Crippen molar-refractivity contribution in [3.63, 3.8) is 0 Å². The molecule has 1 spiro atoms. The Labute approximate surface area is 330 Å². The van der Waals surface area contributed by atoms with Gasteiger partial charge in [0, 0.05) is 50.2 Å². The highest BCUT2D eigenvalue weighted by molar-refractivity contribution is 6.13. The molecule has 0 saturated carbocycles. The van der Waals surface area contributed by atoms with E-state index in [2.05, 4.69) is 181 Å². The Balaban J connectivity index is 1.04. The number of furan rings is 1. The number of para-hydroxylation sites is 3. The van der Waals surface area contributed by atoms with E-state index >= 15 is 0 Å². The summed E-state index contributed by atoms with van der Waals surface area (Å²) in [5.74, 6) is 1.96. The number of allylic oxidation sites excluding steroid dienone is 5. The lowest BCUT2D eigenvalue weighted by Gasteiger charge is -2.40. The lowest BCUT2D eigenvalue weighted by Crippen LogP contribution is -2.32. The monoisotopic (exact) mass is 732 g/mol. The highest BCUT2D eigenvalue weighted by Gasteiger charge is 2.51. The lowest BCUT2D eigenvalue weighted by atomic mass is 9.65. The van der Waals surface area contributed by atoms with E-state index in [1.54, 1.807) is 0 Å². The predicted molar refractivity (Wildman–Crippen MR) is 230 cm³/mol. The van der Waals surface area contributed by atoms with Crippen LogP contribution in [0, 0.1) is 5.92 Å². The van der Waals surface area contributed by atoms with Gasteiger partial charge in [0.25, 0.3) is 0 Å². The maximum atomic E-state index is 7.10. The SMILES string of the molecule is C1=CCC(C2=CC(c3ccc4c(c3)oc3ccccc34)=NC(c3ccccc3-c3cccc4c3Oc3ccccc3C43c4ccccc4-c4ccccc43)N2)C=C1. The van der Waals surface area contributed by atoms with Crippen LogP contribution in [0.25, 0.3) is 44.2 Å². The van der Waals surface area contributed by atoms with E-state index in [-0.39, 0.29) is 12.1 Å². The van der Waals surface area contributed by atoms with Crippen LogP contribution in [0.3, 0.4) is 0 Å². The number of hydrogen-bond donors (Lipinski definition) is 1. The van der Waals surface area contributed by atoms with Crippen molar-refractivity contribution in [2.45, 2.75) is 18.0 Å². The maximum Gasteiger partial charge on any atom is 0.145 e. The lowest BCUT2D eigenvalue weighted by molar-refractivity contribution is 0.438. The minimum atomic E-state index is -0.539. The third-order valence-corrected chi connectivity index (χ3v) is 12.3. The Morgan fingerprint density at radius 1 is 0.579 bits per heavy atom. The van der Waals surface area contributed by atoms with Gasteiger partial charge in [-0.1, -0.05) is 158 Å². The largest absolute Gasteiger partial charge is 0.456 e. The van der Waals surface area contributed by atoms with Crippen molar-refractivity contribution >= 4 is 27.7 Å². The molecule has 0 saturated heterocycles. The van der Waals surface area contributed by atoms with Crippen LogP contribution < -0.4 is 10.1 Å². The van der Waals surface area contributed by atoms with E-state index in [4.69, 9.17) is 14.1 Å². The fourth-order valence-electron chi connectivity index (χ4n) is 9.84. The zero-order valence-electron chi connectivity index (χ0n) is 31.0. The first kappa shape index (κ1) is 32.1. The summed E-state index contributed by atoms with van der Waals surface area (Å²) in [7, 11) is 0. The minimum Gasteiger partial charge on any atom is -0.456 e. The fraction of sp³-hybridized carbons (Fsp3) is 0.0755. The fourth-order valence-corrected chi connectivity index (χ4v) is 9.84. The van der Waals surface area contributed by atoms with Gasteiger partial charge in [0.2, 0.25) is 0 Å². The Morgan fingerprint density at radius 2 is 1.26 bits per heavy atom. The van der Waals surface area contributed by atoms with E-state index in [1.165, 1.54) is 22.3 Å². The van der Waals surface area contributed by atoms with Crippen molar-refractivity contribution in [1.29, 1.82) is 0 Å². The number of ether oxygens (including phenoxy) is 1. The molecule has 57 heavy (non-hydrogen) atoms. The van der Waals surface area contributed by atoms with Gasteiger partial charge < -0.3 is 14.5 Å². The van der Waals surface area contributed by atoms with E-state index in [9.17, 15) is 0 Å². The second kappa shape index (κ2) is 12.4. The summed E-state index contributed by atoms with van der Waals surface area (Å²) >= 11 is 0. The second-order valence-electron chi connectivity index (χ2n) is 15.3. The normalized spacial score (nSPS) is 18.2. The first-order valence-corrected chi connectivity index (χ1v) is 19.8. The van der Waals surface area contributed by atoms with E-state index < -0.39 is 5.41 Å². The van der Waals surface area contributed by atoms with Gasteiger partial charge in [-0.05, 0) is 64.6 Å². The maximum absolute atomic E-state index is 7.10. The number of nitrogens with zero attached hydrogens (tertiary/aromatic N) is 1. The zero-order chi connectivity index (χ0) is 37.5. The van der Waals surface area contributed by atoms with Crippen LogP contribution in [0.4, 0.5) is 0 Å². The molecule has 4 nitrogen and oxygen atoms in total. The van der Waals surface area contributed by atoms with Gasteiger partial charge in [0.05, 0.1) is 11.1 Å². The van der Waals surface area contributed by atoms with Gasteiger partial charge in [-0.25, -0.2) is 0 Å². The predicted octanol–water partition coefficient (Wildman–Crippen LogP) is 12.8. The van der Waals surface area contributed by atoms with Crippen LogP contribution in [-0.2, 0) is 5.41 Å². The van der Waals surface area contributed by atoms with Crippen LogP contribution in [0.15, 0.2) is 203 Å². The number of hydrogen-bond acceptors (Lipinski definition) is 4. The summed E-state index contributed by atoms with van der Waals surface area (Å²) in [6.07, 6.45) is 11.6. The van der Waals surface area contributed by atoms with Crippen molar-refractivity contribution in [2.24, 2.45) is 10.9 Å². The number of nitrogens with one attached hydrogen (secondary N) is 1. The summed E-state index contributed by atoms with van der Waals surface area (Å²) < 4.78 is 13.5. The zero-order valence-corrected chi connectivity index (χ0v) is 31.0. The summed E-state index contributed by atoms with van der Waals surface area (Å²) in [6, 6.07) is 56.4. The van der Waals surface area contributed by atoms with Crippen LogP contribution >= 0.6 is 0 Å². The molecule has 2 unspecified atom stereocenters. The molecule has 2 aliphatic heterocycles. The Kier molecular flexibility index (Phi) is 7.00. The smallest absolute Gasteiger partial charge is 0.145 e. The first-order chi connectivity index (χ1) is 28.3.